The number of hydrogen-bond acceptors (Lipinski definition) is 4. The molecule has 2 aromatic rings. The molecule has 25 heavy (non-hydrogen) atoms. The van der Waals surface area contributed by atoms with Gasteiger partial charge in [-0.05, 0) is 17.7 Å². The highest BCUT2D eigenvalue weighted by molar-refractivity contribution is 6.31. The van der Waals surface area contributed by atoms with Crippen LogP contribution in [0.1, 0.15) is 17.2 Å². The van der Waals surface area contributed by atoms with E-state index in [2.05, 4.69) is 0 Å². The van der Waals surface area contributed by atoms with Crippen LogP contribution in [0.25, 0.3) is 0 Å². The molecule has 7 heteroatoms. The van der Waals surface area contributed by atoms with Gasteiger partial charge in [-0.2, -0.15) is 0 Å². The van der Waals surface area contributed by atoms with E-state index in [1.165, 1.54) is 14.2 Å². The Morgan fingerprint density at radius 1 is 1.16 bits per heavy atom. The number of likely N-dealkylation sites (N-methyl/N-ethyl adjacent to an activating group) is 1. The van der Waals surface area contributed by atoms with Gasteiger partial charge in [0.1, 0.15) is 12.4 Å². The van der Waals surface area contributed by atoms with Crippen molar-refractivity contribution in [3.05, 3.63) is 64.7 Å². The van der Waals surface area contributed by atoms with Gasteiger partial charge in [0, 0.05) is 12.6 Å². The molecule has 1 unspecified atom stereocenters. The minimum Gasteiger partial charge on any atom is -0.496 e. The Hall–Kier alpha value is -2.73. The quantitative estimate of drug-likeness (QED) is 0.846. The number of carbonyl (C=O) groups is 2. The summed E-state index contributed by atoms with van der Waals surface area (Å²) in [5, 5.41) is 9.80. The van der Waals surface area contributed by atoms with Crippen molar-refractivity contribution in [3.8, 4) is 5.75 Å². The van der Waals surface area contributed by atoms with Crippen molar-refractivity contribution < 1.29 is 24.2 Å². The number of hydrogen-bond donors (Lipinski definition) is 1. The number of carboxylic acids is 1. The molecule has 0 heterocycles. The molecular weight excluding hydrogens is 346 g/mol. The molecule has 0 fully saturated rings. The Balaban J connectivity index is 2.22. The van der Waals surface area contributed by atoms with Gasteiger partial charge in [0.05, 0.1) is 12.1 Å². The number of amides is 1. The van der Waals surface area contributed by atoms with Gasteiger partial charge in [0.25, 0.3) is 0 Å². The lowest BCUT2D eigenvalue weighted by Gasteiger charge is -2.26. The number of aliphatic carboxylic acids is 1. The van der Waals surface area contributed by atoms with Crippen LogP contribution in [0.15, 0.2) is 48.5 Å². The Bertz CT molecular complexity index is 750. The number of methoxy groups -OCH3 is 1. The molecule has 6 nitrogen and oxygen atoms in total. The number of carbonyl (C=O) groups excluding carboxylic acids is 1. The lowest BCUT2D eigenvalue weighted by Crippen LogP contribution is -2.36. The minimum atomic E-state index is -1.34. The van der Waals surface area contributed by atoms with Crippen LogP contribution in [0.4, 0.5) is 4.79 Å². The fourth-order valence-corrected chi connectivity index (χ4v) is 2.64. The van der Waals surface area contributed by atoms with Gasteiger partial charge in [-0.15, -0.1) is 0 Å². The fourth-order valence-electron chi connectivity index (χ4n) is 2.37. The van der Waals surface area contributed by atoms with E-state index in [1.54, 1.807) is 30.3 Å². The first-order valence-electron chi connectivity index (χ1n) is 7.44. The number of benzene rings is 2. The molecule has 0 bridgehead atoms. The Morgan fingerprint density at radius 3 is 2.44 bits per heavy atom. The third-order valence-corrected chi connectivity index (χ3v) is 3.95. The van der Waals surface area contributed by atoms with Crippen LogP contribution in [0.2, 0.25) is 5.02 Å². The summed E-state index contributed by atoms with van der Waals surface area (Å²) >= 11 is 6.15. The number of rotatable bonds is 6. The van der Waals surface area contributed by atoms with Crippen LogP contribution in [-0.2, 0) is 16.1 Å². The van der Waals surface area contributed by atoms with Gasteiger partial charge in [-0.1, -0.05) is 48.0 Å². The molecule has 1 atom stereocenters. The van der Waals surface area contributed by atoms with E-state index in [0.717, 1.165) is 10.5 Å². The Kier molecular flexibility index (Phi) is 6.25. The highest BCUT2D eigenvalue weighted by atomic mass is 35.5. The van der Waals surface area contributed by atoms with Crippen LogP contribution >= 0.6 is 11.6 Å². The lowest BCUT2D eigenvalue weighted by atomic mass is 10.0. The number of halogens is 1. The third-order valence-electron chi connectivity index (χ3n) is 3.62. The van der Waals surface area contributed by atoms with Crippen molar-refractivity contribution in [2.45, 2.75) is 12.6 Å². The van der Waals surface area contributed by atoms with Gasteiger partial charge in [-0.3, -0.25) is 4.90 Å². The average Bonchev–Trinajstić information content (AvgIpc) is 2.61. The molecule has 0 spiro atoms. The first-order valence-corrected chi connectivity index (χ1v) is 7.82. The van der Waals surface area contributed by atoms with Gasteiger partial charge >= 0.3 is 12.1 Å². The smallest absolute Gasteiger partial charge is 0.410 e. The van der Waals surface area contributed by atoms with Crippen molar-refractivity contribution in [2.75, 3.05) is 14.2 Å². The van der Waals surface area contributed by atoms with Crippen molar-refractivity contribution in [2.24, 2.45) is 0 Å². The van der Waals surface area contributed by atoms with Gasteiger partial charge < -0.3 is 14.6 Å². The molecule has 2 aromatic carbocycles. The van der Waals surface area contributed by atoms with Crippen molar-refractivity contribution >= 4 is 23.7 Å². The largest absolute Gasteiger partial charge is 0.496 e. The zero-order chi connectivity index (χ0) is 18.4. The van der Waals surface area contributed by atoms with E-state index in [0.29, 0.717) is 0 Å². The van der Waals surface area contributed by atoms with E-state index in [-0.39, 0.29) is 22.9 Å². The Labute approximate surface area is 150 Å². The molecule has 0 aromatic heterocycles. The zero-order valence-corrected chi connectivity index (χ0v) is 14.6. The predicted molar refractivity (Wildman–Crippen MR) is 92.8 cm³/mol. The van der Waals surface area contributed by atoms with E-state index >= 15 is 0 Å². The normalized spacial score (nSPS) is 11.5. The van der Waals surface area contributed by atoms with Crippen LogP contribution in [0, 0.1) is 0 Å². The number of carboxylic acid groups (broad SMARTS) is 1. The highest BCUT2D eigenvalue weighted by Crippen LogP contribution is 2.35. The summed E-state index contributed by atoms with van der Waals surface area (Å²) in [6.45, 7) is 0.0377. The predicted octanol–water partition coefficient (Wildman–Crippen LogP) is 3.74. The second-order valence-corrected chi connectivity index (χ2v) is 5.65. The maximum absolute atomic E-state index is 12.3. The summed E-state index contributed by atoms with van der Waals surface area (Å²) in [4.78, 5) is 25.1. The summed E-state index contributed by atoms with van der Waals surface area (Å²) in [6, 6.07) is 12.5. The Morgan fingerprint density at radius 2 is 1.84 bits per heavy atom. The SMILES string of the molecule is COc1cccc(Cl)c1C(C(=O)O)N(C)C(=O)OCc1ccccc1. The van der Waals surface area contributed by atoms with E-state index < -0.39 is 18.1 Å². The van der Waals surface area contributed by atoms with Crippen LogP contribution < -0.4 is 4.74 Å². The molecule has 0 radical (unpaired) electrons. The molecule has 0 saturated heterocycles. The molecule has 132 valence electrons. The summed E-state index contributed by atoms with van der Waals surface area (Å²) in [5.74, 6) is -0.965. The van der Waals surface area contributed by atoms with E-state index in [1.807, 2.05) is 18.2 Å². The summed E-state index contributed by atoms with van der Waals surface area (Å²) in [6.07, 6.45) is -0.779. The molecule has 1 N–H and O–H groups in total. The van der Waals surface area contributed by atoms with E-state index in [9.17, 15) is 14.7 Å². The van der Waals surface area contributed by atoms with Crippen molar-refractivity contribution in [1.29, 1.82) is 0 Å². The molecular formula is C18H18ClNO5. The van der Waals surface area contributed by atoms with Crippen LogP contribution in [-0.4, -0.2) is 36.2 Å². The monoisotopic (exact) mass is 363 g/mol. The summed E-state index contributed by atoms with van der Waals surface area (Å²) in [5.41, 5.74) is 0.991. The average molecular weight is 364 g/mol. The zero-order valence-electron chi connectivity index (χ0n) is 13.8. The van der Waals surface area contributed by atoms with Gasteiger partial charge in [0.15, 0.2) is 6.04 Å². The highest BCUT2D eigenvalue weighted by Gasteiger charge is 2.33. The van der Waals surface area contributed by atoms with Crippen LogP contribution in [0.5, 0.6) is 5.75 Å². The first-order chi connectivity index (χ1) is 12.0. The molecule has 0 aliphatic heterocycles. The summed E-state index contributed by atoms with van der Waals surface area (Å²) < 4.78 is 10.4. The van der Waals surface area contributed by atoms with Crippen molar-refractivity contribution in [3.63, 3.8) is 0 Å². The van der Waals surface area contributed by atoms with Gasteiger partial charge in [-0.25, -0.2) is 9.59 Å². The molecule has 0 aliphatic carbocycles. The molecule has 0 saturated carbocycles. The molecule has 2 rings (SSSR count). The first kappa shape index (κ1) is 18.6. The number of ether oxygens (including phenoxy) is 2. The van der Waals surface area contributed by atoms with Crippen molar-refractivity contribution in [1.82, 2.24) is 4.90 Å². The maximum Gasteiger partial charge on any atom is 0.410 e. The topological polar surface area (TPSA) is 76.1 Å². The van der Waals surface area contributed by atoms with Crippen LogP contribution in [0.3, 0.4) is 0 Å². The summed E-state index contributed by atoms with van der Waals surface area (Å²) in [7, 11) is 2.75. The number of nitrogens with zero attached hydrogens (tertiary/aromatic N) is 1. The minimum absolute atomic E-state index is 0.0377. The fraction of sp³-hybridized carbons (Fsp3) is 0.222. The molecule has 0 aliphatic rings. The second-order valence-electron chi connectivity index (χ2n) is 5.25. The lowest BCUT2D eigenvalue weighted by molar-refractivity contribution is -0.142. The van der Waals surface area contributed by atoms with Gasteiger partial charge in [0.2, 0.25) is 0 Å². The molecule has 1 amide bonds. The maximum atomic E-state index is 12.3. The third kappa shape index (κ3) is 4.42. The van der Waals surface area contributed by atoms with E-state index in [4.69, 9.17) is 21.1 Å². The standard InChI is InChI=1S/C18H18ClNO5/c1-20(18(23)25-11-12-7-4-3-5-8-12)16(17(21)22)15-13(19)9-6-10-14(15)24-2/h3-10,16H,11H2,1-2H3,(H,21,22). The second kappa shape index (κ2) is 8.39.